The van der Waals surface area contributed by atoms with Gasteiger partial charge in [0.1, 0.15) is 5.82 Å². The molecular formula is C15H22N4OS. The normalized spacial score (nSPS) is 18.9. The molecule has 0 spiro atoms. The summed E-state index contributed by atoms with van der Waals surface area (Å²) >= 11 is 1.91. The molecule has 2 aliphatic heterocycles. The quantitative estimate of drug-likeness (QED) is 0.927. The number of anilines is 1. The van der Waals surface area contributed by atoms with Crippen LogP contribution in [-0.4, -0.2) is 53.6 Å². The smallest absolute Gasteiger partial charge is 0.317 e. The van der Waals surface area contributed by atoms with Crippen LogP contribution < -0.4 is 10.2 Å². The Bertz CT molecular complexity index is 484. The van der Waals surface area contributed by atoms with Gasteiger partial charge in [-0.25, -0.2) is 9.78 Å². The third kappa shape index (κ3) is 3.81. The van der Waals surface area contributed by atoms with E-state index in [2.05, 4.69) is 21.3 Å². The molecular weight excluding hydrogens is 284 g/mol. The zero-order valence-electron chi connectivity index (χ0n) is 12.3. The van der Waals surface area contributed by atoms with Crippen molar-refractivity contribution in [2.45, 2.75) is 19.4 Å². The van der Waals surface area contributed by atoms with Crippen LogP contribution in [0, 0.1) is 0 Å². The molecule has 6 heteroatoms. The van der Waals surface area contributed by atoms with Crippen LogP contribution in [0.3, 0.4) is 0 Å². The predicted molar refractivity (Wildman–Crippen MR) is 86.8 cm³/mol. The van der Waals surface area contributed by atoms with Crippen LogP contribution in [-0.2, 0) is 6.54 Å². The van der Waals surface area contributed by atoms with Crippen molar-refractivity contribution < 1.29 is 4.79 Å². The molecule has 2 aliphatic rings. The number of nitrogens with zero attached hydrogens (tertiary/aromatic N) is 3. The van der Waals surface area contributed by atoms with E-state index in [0.717, 1.165) is 49.1 Å². The third-order valence-electron chi connectivity index (χ3n) is 3.98. The molecule has 0 saturated carbocycles. The molecule has 0 aromatic carbocycles. The molecule has 0 radical (unpaired) electrons. The Balaban J connectivity index is 1.54. The lowest BCUT2D eigenvalue weighted by atomic mass is 10.2. The third-order valence-corrected chi connectivity index (χ3v) is 4.92. The Hall–Kier alpha value is -1.43. The van der Waals surface area contributed by atoms with Gasteiger partial charge in [-0.3, -0.25) is 0 Å². The molecule has 1 aromatic rings. The fraction of sp³-hybridized carbons (Fsp3) is 0.600. The van der Waals surface area contributed by atoms with Crippen molar-refractivity contribution in [3.8, 4) is 0 Å². The van der Waals surface area contributed by atoms with E-state index < -0.39 is 0 Å². The minimum atomic E-state index is 0.0508. The molecule has 5 nitrogen and oxygen atoms in total. The van der Waals surface area contributed by atoms with Crippen LogP contribution in [0.4, 0.5) is 10.6 Å². The maximum atomic E-state index is 12.1. The molecule has 1 aromatic heterocycles. The van der Waals surface area contributed by atoms with Gasteiger partial charge in [0.25, 0.3) is 0 Å². The zero-order chi connectivity index (χ0) is 14.5. The van der Waals surface area contributed by atoms with Crippen LogP contribution in [0.15, 0.2) is 18.3 Å². The van der Waals surface area contributed by atoms with Crippen molar-refractivity contribution in [2.75, 3.05) is 42.6 Å². The van der Waals surface area contributed by atoms with Gasteiger partial charge in [0.15, 0.2) is 0 Å². The van der Waals surface area contributed by atoms with Gasteiger partial charge in [0.05, 0.1) is 0 Å². The van der Waals surface area contributed by atoms with Crippen LogP contribution in [0.2, 0.25) is 0 Å². The van der Waals surface area contributed by atoms with Crippen molar-refractivity contribution in [1.29, 1.82) is 0 Å². The van der Waals surface area contributed by atoms with Crippen molar-refractivity contribution in [3.05, 3.63) is 23.9 Å². The van der Waals surface area contributed by atoms with Gasteiger partial charge < -0.3 is 15.1 Å². The van der Waals surface area contributed by atoms with Gasteiger partial charge in [0.2, 0.25) is 0 Å². The van der Waals surface area contributed by atoms with Gasteiger partial charge >= 0.3 is 6.03 Å². The van der Waals surface area contributed by atoms with Gasteiger partial charge in [0, 0.05) is 50.4 Å². The van der Waals surface area contributed by atoms with Gasteiger partial charge in [-0.05, 0) is 30.5 Å². The number of nitrogens with one attached hydrogen (secondary N) is 1. The Labute approximate surface area is 130 Å². The number of amides is 2. The first-order valence-electron chi connectivity index (χ1n) is 7.63. The zero-order valence-corrected chi connectivity index (χ0v) is 13.1. The number of carbonyl (C=O) groups excluding carboxylic acids is 1. The summed E-state index contributed by atoms with van der Waals surface area (Å²) in [4.78, 5) is 20.7. The van der Waals surface area contributed by atoms with E-state index in [-0.39, 0.29) is 6.03 Å². The molecule has 1 N–H and O–H groups in total. The fourth-order valence-corrected chi connectivity index (χ4v) is 3.65. The highest BCUT2D eigenvalue weighted by Crippen LogP contribution is 2.18. The summed E-state index contributed by atoms with van der Waals surface area (Å²) in [6, 6.07) is 4.12. The van der Waals surface area contributed by atoms with Gasteiger partial charge in [-0.1, -0.05) is 0 Å². The highest BCUT2D eigenvalue weighted by Gasteiger charge is 2.17. The molecule has 2 amide bonds. The van der Waals surface area contributed by atoms with E-state index in [4.69, 9.17) is 0 Å². The molecule has 21 heavy (non-hydrogen) atoms. The van der Waals surface area contributed by atoms with E-state index in [1.54, 1.807) is 0 Å². The number of thioether (sulfide) groups is 1. The second-order valence-electron chi connectivity index (χ2n) is 5.47. The van der Waals surface area contributed by atoms with E-state index in [0.29, 0.717) is 6.54 Å². The van der Waals surface area contributed by atoms with Crippen LogP contribution >= 0.6 is 11.8 Å². The molecule has 2 fully saturated rings. The largest absolute Gasteiger partial charge is 0.357 e. The second kappa shape index (κ2) is 7.02. The van der Waals surface area contributed by atoms with Crippen molar-refractivity contribution in [2.24, 2.45) is 0 Å². The summed E-state index contributed by atoms with van der Waals surface area (Å²) in [6.07, 6.45) is 4.33. The fourth-order valence-electron chi connectivity index (χ4n) is 2.75. The Morgan fingerprint density at radius 3 is 2.76 bits per heavy atom. The first-order chi connectivity index (χ1) is 10.3. The average Bonchev–Trinajstić information content (AvgIpc) is 3.08. The topological polar surface area (TPSA) is 48.5 Å². The van der Waals surface area contributed by atoms with Crippen molar-refractivity contribution in [1.82, 2.24) is 15.2 Å². The number of hydrogen-bond acceptors (Lipinski definition) is 4. The maximum absolute atomic E-state index is 12.1. The highest BCUT2D eigenvalue weighted by atomic mass is 32.2. The Kier molecular flexibility index (Phi) is 4.85. The first-order valence-corrected chi connectivity index (χ1v) is 8.79. The Morgan fingerprint density at radius 1 is 1.24 bits per heavy atom. The molecule has 3 rings (SSSR count). The molecule has 0 unspecified atom stereocenters. The van der Waals surface area contributed by atoms with E-state index in [1.165, 1.54) is 12.8 Å². The van der Waals surface area contributed by atoms with Gasteiger partial charge in [-0.15, -0.1) is 0 Å². The number of pyridine rings is 1. The summed E-state index contributed by atoms with van der Waals surface area (Å²) in [5.41, 5.74) is 1.12. The van der Waals surface area contributed by atoms with E-state index >= 15 is 0 Å². The second-order valence-corrected chi connectivity index (χ2v) is 6.70. The molecule has 2 saturated heterocycles. The molecule has 3 heterocycles. The number of hydrogen-bond donors (Lipinski definition) is 1. The standard InChI is InChI=1S/C15H22N4OS/c20-15(19-7-9-21-10-8-19)17-12-13-3-4-16-14(11-13)18-5-1-2-6-18/h3-4,11H,1-2,5-10,12H2,(H,17,20). The summed E-state index contributed by atoms with van der Waals surface area (Å²) in [5.74, 6) is 3.12. The highest BCUT2D eigenvalue weighted by molar-refractivity contribution is 7.99. The first kappa shape index (κ1) is 14.5. The minimum Gasteiger partial charge on any atom is -0.357 e. The number of aromatic nitrogens is 1. The molecule has 0 atom stereocenters. The van der Waals surface area contributed by atoms with Crippen molar-refractivity contribution >= 4 is 23.6 Å². The average molecular weight is 306 g/mol. The molecule has 0 aliphatic carbocycles. The lowest BCUT2D eigenvalue weighted by Gasteiger charge is -2.26. The Morgan fingerprint density at radius 2 is 2.00 bits per heavy atom. The lowest BCUT2D eigenvalue weighted by Crippen LogP contribution is -2.44. The summed E-state index contributed by atoms with van der Waals surface area (Å²) in [5, 5.41) is 3.02. The summed E-state index contributed by atoms with van der Waals surface area (Å²) in [7, 11) is 0. The summed E-state index contributed by atoms with van der Waals surface area (Å²) < 4.78 is 0. The van der Waals surface area contributed by atoms with E-state index in [1.807, 2.05) is 28.9 Å². The van der Waals surface area contributed by atoms with Crippen LogP contribution in [0.25, 0.3) is 0 Å². The SMILES string of the molecule is O=C(NCc1ccnc(N2CCCC2)c1)N1CCSCC1. The van der Waals surface area contributed by atoms with E-state index in [9.17, 15) is 4.79 Å². The number of urea groups is 1. The van der Waals surface area contributed by atoms with Crippen LogP contribution in [0.5, 0.6) is 0 Å². The molecule has 114 valence electrons. The van der Waals surface area contributed by atoms with Gasteiger partial charge in [-0.2, -0.15) is 11.8 Å². The maximum Gasteiger partial charge on any atom is 0.317 e. The minimum absolute atomic E-state index is 0.0508. The number of carbonyl (C=O) groups is 1. The molecule has 0 bridgehead atoms. The van der Waals surface area contributed by atoms with Crippen LogP contribution in [0.1, 0.15) is 18.4 Å². The lowest BCUT2D eigenvalue weighted by molar-refractivity contribution is 0.202. The van der Waals surface area contributed by atoms with Crippen molar-refractivity contribution in [3.63, 3.8) is 0 Å². The monoisotopic (exact) mass is 306 g/mol. The summed E-state index contributed by atoms with van der Waals surface area (Å²) in [6.45, 7) is 4.46. The number of rotatable bonds is 3. The predicted octanol–water partition coefficient (Wildman–Crippen LogP) is 1.94.